The minimum Gasteiger partial charge on any atom is -0.312 e. The van der Waals surface area contributed by atoms with Crippen molar-refractivity contribution in [3.63, 3.8) is 0 Å². The molecule has 2 heterocycles. The van der Waals surface area contributed by atoms with Gasteiger partial charge in [-0.1, -0.05) is 6.07 Å². The zero-order valence-corrected chi connectivity index (χ0v) is 13.6. The molecule has 130 valence electrons. The summed E-state index contributed by atoms with van der Waals surface area (Å²) in [5.74, 6) is 0.173. The summed E-state index contributed by atoms with van der Waals surface area (Å²) in [7, 11) is -5.19. The van der Waals surface area contributed by atoms with Gasteiger partial charge < -0.3 is 5.32 Å². The van der Waals surface area contributed by atoms with Crippen LogP contribution in [0.3, 0.4) is 0 Å². The molecule has 0 bridgehead atoms. The highest BCUT2D eigenvalue weighted by molar-refractivity contribution is 7.90. The number of sulfonamides is 1. The highest BCUT2D eigenvalue weighted by Crippen LogP contribution is 2.30. The van der Waals surface area contributed by atoms with Gasteiger partial charge in [0.15, 0.2) is 0 Å². The van der Waals surface area contributed by atoms with Crippen LogP contribution in [0.25, 0.3) is 0 Å². The number of hydrogen-bond acceptors (Lipinski definition) is 4. The van der Waals surface area contributed by atoms with Crippen LogP contribution in [-0.2, 0) is 16.6 Å². The van der Waals surface area contributed by atoms with E-state index in [0.29, 0.717) is 30.2 Å². The van der Waals surface area contributed by atoms with Crippen molar-refractivity contribution in [3.8, 4) is 0 Å². The predicted molar refractivity (Wildman–Crippen MR) is 80.0 cm³/mol. The van der Waals surface area contributed by atoms with Crippen LogP contribution in [0.5, 0.6) is 0 Å². The summed E-state index contributed by atoms with van der Waals surface area (Å²) >= 11 is 0. The lowest BCUT2D eigenvalue weighted by Gasteiger charge is -2.31. The quantitative estimate of drug-likeness (QED) is 0.882. The third-order valence-corrected chi connectivity index (χ3v) is 5.70. The molecule has 5 nitrogen and oxygen atoms in total. The van der Waals surface area contributed by atoms with Gasteiger partial charge in [-0.15, -0.1) is 0 Å². The van der Waals surface area contributed by atoms with Crippen molar-refractivity contribution in [3.05, 3.63) is 29.6 Å². The van der Waals surface area contributed by atoms with Crippen molar-refractivity contribution in [2.75, 3.05) is 19.6 Å². The second-order valence-corrected chi connectivity index (χ2v) is 7.60. The van der Waals surface area contributed by atoms with Crippen LogP contribution in [0.1, 0.15) is 24.1 Å². The van der Waals surface area contributed by atoms with E-state index < -0.39 is 15.5 Å². The Morgan fingerprint density at radius 1 is 1.35 bits per heavy atom. The third kappa shape index (κ3) is 4.42. The van der Waals surface area contributed by atoms with Crippen LogP contribution in [0, 0.1) is 12.8 Å². The van der Waals surface area contributed by atoms with Gasteiger partial charge in [-0.3, -0.25) is 4.98 Å². The number of nitrogens with one attached hydrogen (secondary N) is 1. The molecule has 1 aromatic heterocycles. The average Bonchev–Trinajstić information content (AvgIpc) is 2.48. The van der Waals surface area contributed by atoms with Crippen molar-refractivity contribution in [1.29, 1.82) is 0 Å². The molecule has 0 saturated carbocycles. The summed E-state index contributed by atoms with van der Waals surface area (Å²) in [4.78, 5) is 4.18. The fourth-order valence-electron chi connectivity index (χ4n) is 2.62. The normalized spacial score (nSPS) is 18.3. The number of hydrogen-bond donors (Lipinski definition) is 1. The average molecular weight is 351 g/mol. The van der Waals surface area contributed by atoms with Crippen LogP contribution >= 0.6 is 0 Å². The number of aryl methyl sites for hydroxylation is 1. The van der Waals surface area contributed by atoms with Crippen LogP contribution < -0.4 is 5.32 Å². The molecule has 0 amide bonds. The van der Waals surface area contributed by atoms with E-state index in [2.05, 4.69) is 10.3 Å². The third-order valence-electron chi connectivity index (χ3n) is 4.07. The van der Waals surface area contributed by atoms with E-state index in [4.69, 9.17) is 0 Å². The molecule has 0 unspecified atom stereocenters. The molecule has 1 fully saturated rings. The van der Waals surface area contributed by atoms with Gasteiger partial charge in [0.25, 0.3) is 0 Å². The van der Waals surface area contributed by atoms with Crippen LogP contribution in [0.4, 0.5) is 13.2 Å². The Balaban J connectivity index is 1.79. The molecule has 0 atom stereocenters. The summed E-state index contributed by atoms with van der Waals surface area (Å²) in [6, 6.07) is 3.82. The topological polar surface area (TPSA) is 62.3 Å². The number of pyridine rings is 1. The van der Waals surface area contributed by atoms with Gasteiger partial charge in [0.2, 0.25) is 0 Å². The number of piperidine rings is 1. The lowest BCUT2D eigenvalue weighted by atomic mass is 9.98. The lowest BCUT2D eigenvalue weighted by molar-refractivity contribution is -0.0496. The Kier molecular flexibility index (Phi) is 5.64. The molecule has 23 heavy (non-hydrogen) atoms. The van der Waals surface area contributed by atoms with E-state index >= 15 is 0 Å². The van der Waals surface area contributed by atoms with Crippen molar-refractivity contribution in [2.45, 2.75) is 31.8 Å². The first kappa shape index (κ1) is 18.2. The number of alkyl halides is 3. The Labute approximate surface area is 133 Å². The first-order chi connectivity index (χ1) is 10.7. The largest absolute Gasteiger partial charge is 0.511 e. The number of aromatic nitrogens is 1. The van der Waals surface area contributed by atoms with E-state index in [1.807, 2.05) is 19.1 Å². The molecule has 0 aromatic carbocycles. The first-order valence-electron chi connectivity index (χ1n) is 7.39. The van der Waals surface area contributed by atoms with E-state index in [1.165, 1.54) is 0 Å². The van der Waals surface area contributed by atoms with Gasteiger partial charge in [-0.05, 0) is 43.9 Å². The predicted octanol–water partition coefficient (Wildman–Crippen LogP) is 2.04. The second-order valence-electron chi connectivity index (χ2n) is 5.67. The lowest BCUT2D eigenvalue weighted by Crippen LogP contribution is -2.46. The smallest absolute Gasteiger partial charge is 0.312 e. The Morgan fingerprint density at radius 3 is 2.57 bits per heavy atom. The Hall–Kier alpha value is -1.19. The van der Waals surface area contributed by atoms with Crippen molar-refractivity contribution < 1.29 is 21.6 Å². The monoisotopic (exact) mass is 351 g/mol. The molecule has 1 N–H and O–H groups in total. The fourth-order valence-corrected chi connectivity index (χ4v) is 3.60. The highest BCUT2D eigenvalue weighted by Gasteiger charge is 2.50. The standard InChI is InChI=1S/C14H20F3N3O2S/c1-11-13(3-2-6-19-11)10-18-9-12-4-7-20(8-5-12)23(21,22)14(15,16)17/h2-3,6,12,18H,4-5,7-10H2,1H3. The van der Waals surface area contributed by atoms with Gasteiger partial charge in [-0.2, -0.15) is 17.5 Å². The molecule has 1 aliphatic heterocycles. The SMILES string of the molecule is Cc1ncccc1CNCC1CCN(S(=O)(=O)C(F)(F)F)CC1. The molecular formula is C14H20F3N3O2S. The minimum absolute atomic E-state index is 0.0832. The number of rotatable bonds is 5. The van der Waals surface area contributed by atoms with Crippen molar-refractivity contribution in [1.82, 2.24) is 14.6 Å². The molecule has 9 heteroatoms. The van der Waals surface area contributed by atoms with Crippen molar-refractivity contribution in [2.24, 2.45) is 5.92 Å². The van der Waals surface area contributed by atoms with Gasteiger partial charge in [-0.25, -0.2) is 8.42 Å². The summed E-state index contributed by atoms with van der Waals surface area (Å²) in [5, 5.41) is 3.27. The molecule has 1 saturated heterocycles. The molecule has 0 aliphatic carbocycles. The molecular weight excluding hydrogens is 331 g/mol. The zero-order chi connectivity index (χ0) is 17.1. The van der Waals surface area contributed by atoms with Gasteiger partial charge in [0, 0.05) is 31.5 Å². The zero-order valence-electron chi connectivity index (χ0n) is 12.8. The van der Waals surface area contributed by atoms with Crippen molar-refractivity contribution >= 4 is 10.0 Å². The number of halogens is 3. The summed E-state index contributed by atoms with van der Waals surface area (Å²) in [5.41, 5.74) is -3.20. The van der Waals surface area contributed by atoms with E-state index in [-0.39, 0.29) is 19.0 Å². The van der Waals surface area contributed by atoms with Crippen LogP contribution in [-0.4, -0.2) is 42.8 Å². The Bertz CT molecular complexity index is 626. The first-order valence-corrected chi connectivity index (χ1v) is 8.83. The summed E-state index contributed by atoms with van der Waals surface area (Å²) < 4.78 is 60.7. The molecule has 0 radical (unpaired) electrons. The Morgan fingerprint density at radius 2 is 2.00 bits per heavy atom. The van der Waals surface area contributed by atoms with Crippen LogP contribution in [0.2, 0.25) is 0 Å². The second kappa shape index (κ2) is 7.14. The summed E-state index contributed by atoms with van der Waals surface area (Å²) in [6.45, 7) is 3.03. The van der Waals surface area contributed by atoms with E-state index in [0.717, 1.165) is 11.3 Å². The van der Waals surface area contributed by atoms with Gasteiger partial charge >= 0.3 is 15.5 Å². The van der Waals surface area contributed by atoms with E-state index in [1.54, 1.807) is 6.20 Å². The minimum atomic E-state index is -5.21. The van der Waals surface area contributed by atoms with Gasteiger partial charge in [0.1, 0.15) is 0 Å². The van der Waals surface area contributed by atoms with Crippen LogP contribution in [0.15, 0.2) is 18.3 Å². The summed E-state index contributed by atoms with van der Waals surface area (Å²) in [6.07, 6.45) is 2.57. The highest BCUT2D eigenvalue weighted by atomic mass is 32.2. The molecule has 2 rings (SSSR count). The maximum Gasteiger partial charge on any atom is 0.511 e. The maximum atomic E-state index is 12.5. The molecule has 1 aromatic rings. The molecule has 1 aliphatic rings. The maximum absolute atomic E-state index is 12.5. The fraction of sp³-hybridized carbons (Fsp3) is 0.643. The molecule has 0 spiro atoms. The number of nitrogens with zero attached hydrogens (tertiary/aromatic N) is 2. The van der Waals surface area contributed by atoms with E-state index in [9.17, 15) is 21.6 Å². The van der Waals surface area contributed by atoms with Gasteiger partial charge in [0.05, 0.1) is 0 Å².